The quantitative estimate of drug-likeness (QED) is 0.522. The molecular formula is C20H21NO7S. The molecule has 2 N–H and O–H groups in total. The number of aryl methyl sites for hydroxylation is 1. The summed E-state index contributed by atoms with van der Waals surface area (Å²) in [5.74, 6) is -2.73. The van der Waals surface area contributed by atoms with Crippen molar-refractivity contribution in [3.63, 3.8) is 0 Å². The molecule has 1 aromatic carbocycles. The third-order valence-electron chi connectivity index (χ3n) is 3.91. The van der Waals surface area contributed by atoms with Crippen LogP contribution >= 0.6 is 11.3 Å². The van der Waals surface area contributed by atoms with Crippen LogP contribution in [0, 0.1) is 13.8 Å². The van der Waals surface area contributed by atoms with Crippen molar-refractivity contribution in [2.45, 2.75) is 27.7 Å². The third kappa shape index (κ3) is 5.20. The van der Waals surface area contributed by atoms with Gasteiger partial charge in [0.25, 0.3) is 5.91 Å². The topological polar surface area (TPSA) is 119 Å². The molecule has 154 valence electrons. The van der Waals surface area contributed by atoms with Gasteiger partial charge in [-0.25, -0.2) is 9.59 Å². The number of anilines is 1. The molecule has 2 rings (SSSR count). The van der Waals surface area contributed by atoms with Gasteiger partial charge >= 0.3 is 11.9 Å². The molecule has 29 heavy (non-hydrogen) atoms. The van der Waals surface area contributed by atoms with Crippen LogP contribution in [0.5, 0.6) is 5.75 Å². The summed E-state index contributed by atoms with van der Waals surface area (Å²) in [6.45, 7) is 5.83. The second-order valence-electron chi connectivity index (χ2n) is 6.18. The summed E-state index contributed by atoms with van der Waals surface area (Å²) in [6.07, 6.45) is 0. The molecule has 0 aliphatic carbocycles. The molecule has 0 spiro atoms. The van der Waals surface area contributed by atoms with E-state index in [-0.39, 0.29) is 34.3 Å². The molecule has 0 saturated carbocycles. The number of thiophene rings is 1. The molecule has 0 radical (unpaired) electrons. The summed E-state index contributed by atoms with van der Waals surface area (Å²) < 4.78 is 9.94. The van der Waals surface area contributed by atoms with Crippen molar-refractivity contribution in [2.75, 3.05) is 18.5 Å². The van der Waals surface area contributed by atoms with E-state index in [1.807, 2.05) is 0 Å². The van der Waals surface area contributed by atoms with E-state index in [2.05, 4.69) is 5.32 Å². The number of ketones is 1. The van der Waals surface area contributed by atoms with Crippen LogP contribution in [0.15, 0.2) is 18.2 Å². The van der Waals surface area contributed by atoms with Crippen molar-refractivity contribution in [3.05, 3.63) is 45.3 Å². The van der Waals surface area contributed by atoms with Crippen LogP contribution < -0.4 is 5.32 Å². The van der Waals surface area contributed by atoms with Crippen molar-refractivity contribution < 1.29 is 33.8 Å². The zero-order chi connectivity index (χ0) is 21.7. The first-order valence-electron chi connectivity index (χ1n) is 8.73. The van der Waals surface area contributed by atoms with Crippen LogP contribution in [0.25, 0.3) is 0 Å². The number of phenolic OH excluding ortho intramolecular Hbond substituents is 1. The summed E-state index contributed by atoms with van der Waals surface area (Å²) in [7, 11) is 0. The van der Waals surface area contributed by atoms with Crippen molar-refractivity contribution in [1.82, 2.24) is 0 Å². The van der Waals surface area contributed by atoms with Gasteiger partial charge in [-0.05, 0) is 45.4 Å². The second kappa shape index (κ2) is 9.33. The van der Waals surface area contributed by atoms with Gasteiger partial charge in [-0.2, -0.15) is 0 Å². The highest BCUT2D eigenvalue weighted by atomic mass is 32.1. The molecule has 0 unspecified atom stereocenters. The predicted octanol–water partition coefficient (Wildman–Crippen LogP) is 3.25. The number of Topliss-reactive ketones (excluding diaryl/α,β-unsaturated/α-hetero) is 1. The summed E-state index contributed by atoms with van der Waals surface area (Å²) in [4.78, 5) is 48.7. The lowest BCUT2D eigenvalue weighted by Crippen LogP contribution is -2.22. The van der Waals surface area contributed by atoms with E-state index in [0.29, 0.717) is 10.4 Å². The van der Waals surface area contributed by atoms with E-state index in [0.717, 1.165) is 16.9 Å². The van der Waals surface area contributed by atoms with Crippen molar-refractivity contribution in [2.24, 2.45) is 0 Å². The van der Waals surface area contributed by atoms with E-state index in [1.54, 1.807) is 26.8 Å². The standard InChI is InChI=1S/C20H21NO7S/c1-5-27-20(26)16-11(3)17(12(4)22)29-18(16)21-15(24)9-28-19(25)13-8-10(2)6-7-14(13)23/h6-8,23H,5,9H2,1-4H3,(H,21,24). The lowest BCUT2D eigenvalue weighted by molar-refractivity contribution is -0.119. The second-order valence-corrected chi connectivity index (χ2v) is 7.20. The number of phenols is 1. The zero-order valence-corrected chi connectivity index (χ0v) is 17.3. The molecule has 1 aromatic heterocycles. The first-order valence-corrected chi connectivity index (χ1v) is 9.55. The number of benzene rings is 1. The monoisotopic (exact) mass is 419 g/mol. The van der Waals surface area contributed by atoms with Gasteiger partial charge in [0, 0.05) is 0 Å². The Balaban J connectivity index is 2.15. The highest BCUT2D eigenvalue weighted by molar-refractivity contribution is 7.18. The largest absolute Gasteiger partial charge is 0.507 e. The number of hydrogen-bond acceptors (Lipinski definition) is 8. The Kier molecular flexibility index (Phi) is 7.11. The van der Waals surface area contributed by atoms with Gasteiger partial charge in [0.15, 0.2) is 12.4 Å². The van der Waals surface area contributed by atoms with Gasteiger partial charge in [0.1, 0.15) is 16.3 Å². The lowest BCUT2D eigenvalue weighted by atomic mass is 10.1. The maximum absolute atomic E-state index is 12.2. The highest BCUT2D eigenvalue weighted by Gasteiger charge is 2.25. The van der Waals surface area contributed by atoms with E-state index < -0.39 is 24.5 Å². The fraction of sp³-hybridized carbons (Fsp3) is 0.300. The Morgan fingerprint density at radius 1 is 1.10 bits per heavy atom. The van der Waals surface area contributed by atoms with E-state index in [4.69, 9.17) is 9.47 Å². The third-order valence-corrected chi connectivity index (χ3v) is 5.21. The summed E-state index contributed by atoms with van der Waals surface area (Å²) >= 11 is 0.949. The van der Waals surface area contributed by atoms with Crippen molar-refractivity contribution in [1.29, 1.82) is 0 Å². The molecule has 0 aliphatic rings. The molecule has 0 atom stereocenters. The molecule has 0 bridgehead atoms. The van der Waals surface area contributed by atoms with Crippen LogP contribution in [0.3, 0.4) is 0 Å². The average Bonchev–Trinajstić information content (AvgIpc) is 2.98. The van der Waals surface area contributed by atoms with Crippen LogP contribution in [0.1, 0.15) is 55.4 Å². The molecule has 2 aromatic rings. The van der Waals surface area contributed by atoms with E-state index in [9.17, 15) is 24.3 Å². The van der Waals surface area contributed by atoms with E-state index in [1.165, 1.54) is 19.1 Å². The van der Waals surface area contributed by atoms with Crippen LogP contribution in [0.4, 0.5) is 5.00 Å². The minimum Gasteiger partial charge on any atom is -0.507 e. The Morgan fingerprint density at radius 2 is 1.79 bits per heavy atom. The molecule has 0 fully saturated rings. The lowest BCUT2D eigenvalue weighted by Gasteiger charge is -2.09. The fourth-order valence-corrected chi connectivity index (χ4v) is 3.68. The number of ether oxygens (including phenoxy) is 2. The smallest absolute Gasteiger partial charge is 0.342 e. The summed E-state index contributed by atoms with van der Waals surface area (Å²) in [5, 5.41) is 12.4. The first kappa shape index (κ1) is 22.1. The minimum absolute atomic E-state index is 0.0594. The number of esters is 2. The number of carbonyl (C=O) groups excluding carboxylic acids is 4. The SMILES string of the molecule is CCOC(=O)c1c(NC(=O)COC(=O)c2cc(C)ccc2O)sc(C(C)=O)c1C. The van der Waals surface area contributed by atoms with Crippen LogP contribution in [-0.4, -0.2) is 41.9 Å². The molecular weight excluding hydrogens is 398 g/mol. The normalized spacial score (nSPS) is 10.3. The fourth-order valence-electron chi connectivity index (χ4n) is 2.57. The highest BCUT2D eigenvalue weighted by Crippen LogP contribution is 2.34. The average molecular weight is 419 g/mol. The van der Waals surface area contributed by atoms with Gasteiger partial charge in [0.2, 0.25) is 0 Å². The Labute approximate surface area is 171 Å². The van der Waals surface area contributed by atoms with Gasteiger partial charge in [0.05, 0.1) is 17.0 Å². The van der Waals surface area contributed by atoms with Gasteiger partial charge in [-0.1, -0.05) is 11.6 Å². The number of hydrogen-bond donors (Lipinski definition) is 2. The predicted molar refractivity (Wildman–Crippen MR) is 107 cm³/mol. The maximum Gasteiger partial charge on any atom is 0.342 e. The van der Waals surface area contributed by atoms with E-state index >= 15 is 0 Å². The number of rotatable bonds is 7. The summed E-state index contributed by atoms with van der Waals surface area (Å²) in [6, 6.07) is 4.42. The van der Waals surface area contributed by atoms with Crippen LogP contribution in [0.2, 0.25) is 0 Å². The van der Waals surface area contributed by atoms with Gasteiger partial charge in [-0.15, -0.1) is 11.3 Å². The Bertz CT molecular complexity index is 977. The van der Waals surface area contributed by atoms with Crippen molar-refractivity contribution in [3.8, 4) is 5.75 Å². The molecule has 9 heteroatoms. The van der Waals surface area contributed by atoms with Crippen LogP contribution in [-0.2, 0) is 14.3 Å². The van der Waals surface area contributed by atoms with Gasteiger partial charge in [-0.3, -0.25) is 9.59 Å². The number of nitrogens with one attached hydrogen (secondary N) is 1. The number of aromatic hydroxyl groups is 1. The zero-order valence-electron chi connectivity index (χ0n) is 16.5. The molecule has 1 heterocycles. The molecule has 8 nitrogen and oxygen atoms in total. The minimum atomic E-state index is -0.862. The maximum atomic E-state index is 12.2. The summed E-state index contributed by atoms with van der Waals surface area (Å²) in [5.41, 5.74) is 1.19. The molecule has 1 amide bonds. The van der Waals surface area contributed by atoms with Gasteiger partial charge < -0.3 is 19.9 Å². The number of amides is 1. The number of carbonyl (C=O) groups is 4. The molecule has 0 aliphatic heterocycles. The first-order chi connectivity index (χ1) is 13.6. The Hall–Kier alpha value is -3.20. The van der Waals surface area contributed by atoms with Crippen molar-refractivity contribution >= 4 is 40.0 Å². The molecule has 0 saturated heterocycles. The Morgan fingerprint density at radius 3 is 2.41 bits per heavy atom.